The predicted molar refractivity (Wildman–Crippen MR) is 35.0 cm³/mol. The zero-order chi connectivity index (χ0) is 6.69. The molecular formula is C7H14O2. The fraction of sp³-hybridized carbons (Fsp3) is 1.00. The number of rotatable bonds is 1. The second kappa shape index (κ2) is 3.18. The molecule has 0 amide bonds. The van der Waals surface area contributed by atoms with Crippen LogP contribution in [0.3, 0.4) is 0 Å². The molecule has 54 valence electrons. The first kappa shape index (κ1) is 7.03. The standard InChI is InChI=1S/C7H14O2/c1-2-6-4-3-5-9-7(6)8/h6-8H,2-5H2,1H3/t6-,7+/m1/s1. The van der Waals surface area contributed by atoms with E-state index in [9.17, 15) is 0 Å². The Labute approximate surface area is 55.8 Å². The van der Waals surface area contributed by atoms with Crippen molar-refractivity contribution in [2.75, 3.05) is 6.61 Å². The molecule has 0 aromatic heterocycles. The average Bonchev–Trinajstić information content (AvgIpc) is 1.89. The third-order valence-electron chi connectivity index (χ3n) is 1.94. The van der Waals surface area contributed by atoms with Crippen LogP contribution < -0.4 is 0 Å². The minimum atomic E-state index is -0.483. The highest BCUT2D eigenvalue weighted by Crippen LogP contribution is 2.21. The van der Waals surface area contributed by atoms with Crippen molar-refractivity contribution in [2.45, 2.75) is 32.5 Å². The van der Waals surface area contributed by atoms with E-state index in [1.165, 1.54) is 0 Å². The first-order valence-electron chi connectivity index (χ1n) is 3.64. The molecule has 0 aliphatic carbocycles. The van der Waals surface area contributed by atoms with Gasteiger partial charge in [0, 0.05) is 12.5 Å². The van der Waals surface area contributed by atoms with Gasteiger partial charge in [0.2, 0.25) is 0 Å². The van der Waals surface area contributed by atoms with Gasteiger partial charge in [0.25, 0.3) is 0 Å². The Morgan fingerprint density at radius 2 is 2.44 bits per heavy atom. The SMILES string of the molecule is CC[C@@H]1CCCO[C@@H]1O. The van der Waals surface area contributed by atoms with Gasteiger partial charge in [0.1, 0.15) is 0 Å². The van der Waals surface area contributed by atoms with Crippen LogP contribution in [0.2, 0.25) is 0 Å². The van der Waals surface area contributed by atoms with Gasteiger partial charge in [0.15, 0.2) is 6.29 Å². The van der Waals surface area contributed by atoms with Gasteiger partial charge in [-0.3, -0.25) is 0 Å². The van der Waals surface area contributed by atoms with Crippen LogP contribution in [0.1, 0.15) is 26.2 Å². The van der Waals surface area contributed by atoms with Crippen molar-refractivity contribution < 1.29 is 9.84 Å². The molecule has 0 unspecified atom stereocenters. The molecule has 1 saturated heterocycles. The van der Waals surface area contributed by atoms with Crippen LogP contribution in [0.5, 0.6) is 0 Å². The average molecular weight is 130 g/mol. The monoisotopic (exact) mass is 130 g/mol. The summed E-state index contributed by atoms with van der Waals surface area (Å²) in [5, 5.41) is 9.15. The Balaban J connectivity index is 2.30. The second-order valence-corrected chi connectivity index (χ2v) is 2.57. The lowest BCUT2D eigenvalue weighted by atomic mass is 9.98. The van der Waals surface area contributed by atoms with Crippen molar-refractivity contribution in [3.05, 3.63) is 0 Å². The van der Waals surface area contributed by atoms with Gasteiger partial charge in [-0.1, -0.05) is 6.92 Å². The molecule has 0 aromatic carbocycles. The lowest BCUT2D eigenvalue weighted by molar-refractivity contribution is -0.158. The Morgan fingerprint density at radius 1 is 1.67 bits per heavy atom. The van der Waals surface area contributed by atoms with E-state index < -0.39 is 6.29 Å². The molecule has 0 spiro atoms. The summed E-state index contributed by atoms with van der Waals surface area (Å²) in [6.45, 7) is 2.82. The van der Waals surface area contributed by atoms with Crippen LogP contribution >= 0.6 is 0 Å². The maximum absolute atomic E-state index is 9.15. The largest absolute Gasteiger partial charge is 0.368 e. The summed E-state index contributed by atoms with van der Waals surface area (Å²) >= 11 is 0. The van der Waals surface area contributed by atoms with Gasteiger partial charge in [-0.15, -0.1) is 0 Å². The van der Waals surface area contributed by atoms with Crippen LogP contribution in [0, 0.1) is 5.92 Å². The first-order chi connectivity index (χ1) is 4.34. The van der Waals surface area contributed by atoms with Crippen LogP contribution in [-0.4, -0.2) is 18.0 Å². The number of aliphatic hydroxyl groups is 1. The topological polar surface area (TPSA) is 29.5 Å². The van der Waals surface area contributed by atoms with Gasteiger partial charge in [-0.25, -0.2) is 0 Å². The van der Waals surface area contributed by atoms with Gasteiger partial charge in [-0.2, -0.15) is 0 Å². The summed E-state index contributed by atoms with van der Waals surface area (Å²) in [6.07, 6.45) is 2.78. The third kappa shape index (κ3) is 1.66. The molecule has 2 heteroatoms. The molecule has 1 aliphatic rings. The normalized spacial score (nSPS) is 36.7. The zero-order valence-electron chi connectivity index (χ0n) is 5.84. The second-order valence-electron chi connectivity index (χ2n) is 2.57. The molecule has 1 N–H and O–H groups in total. The number of hydrogen-bond donors (Lipinski definition) is 1. The summed E-state index contributed by atoms with van der Waals surface area (Å²) < 4.78 is 5.04. The lowest BCUT2D eigenvalue weighted by Crippen LogP contribution is -2.28. The molecule has 1 fully saturated rings. The van der Waals surface area contributed by atoms with E-state index in [4.69, 9.17) is 9.84 Å². The maximum Gasteiger partial charge on any atom is 0.157 e. The highest BCUT2D eigenvalue weighted by molar-refractivity contribution is 4.64. The molecule has 1 heterocycles. The molecule has 0 radical (unpaired) electrons. The van der Waals surface area contributed by atoms with Crippen LogP contribution in [0.15, 0.2) is 0 Å². The van der Waals surface area contributed by atoms with Crippen LogP contribution in [0.25, 0.3) is 0 Å². The van der Waals surface area contributed by atoms with Crippen LogP contribution in [0.4, 0.5) is 0 Å². The fourth-order valence-corrected chi connectivity index (χ4v) is 1.23. The maximum atomic E-state index is 9.15. The fourth-order valence-electron chi connectivity index (χ4n) is 1.23. The van der Waals surface area contributed by atoms with Gasteiger partial charge >= 0.3 is 0 Å². The van der Waals surface area contributed by atoms with Crippen molar-refractivity contribution in [2.24, 2.45) is 5.92 Å². The number of aliphatic hydroxyl groups excluding tert-OH is 1. The summed E-state index contributed by atoms with van der Waals surface area (Å²) in [4.78, 5) is 0. The van der Waals surface area contributed by atoms with Crippen molar-refractivity contribution in [1.82, 2.24) is 0 Å². The summed E-state index contributed by atoms with van der Waals surface area (Å²) in [6, 6.07) is 0. The van der Waals surface area contributed by atoms with Crippen LogP contribution in [-0.2, 0) is 4.74 Å². The number of hydrogen-bond acceptors (Lipinski definition) is 2. The van der Waals surface area contributed by atoms with E-state index in [-0.39, 0.29) is 0 Å². The summed E-state index contributed by atoms with van der Waals surface area (Å²) in [5.74, 6) is 0.388. The first-order valence-corrected chi connectivity index (χ1v) is 3.64. The molecule has 9 heavy (non-hydrogen) atoms. The smallest absolute Gasteiger partial charge is 0.157 e. The van der Waals surface area contributed by atoms with Crippen molar-refractivity contribution >= 4 is 0 Å². The number of ether oxygens (including phenoxy) is 1. The van der Waals surface area contributed by atoms with E-state index >= 15 is 0 Å². The molecular weight excluding hydrogens is 116 g/mol. The molecule has 0 aromatic rings. The Hall–Kier alpha value is -0.0800. The van der Waals surface area contributed by atoms with Gasteiger partial charge in [-0.05, 0) is 19.3 Å². The summed E-state index contributed by atoms with van der Waals surface area (Å²) in [7, 11) is 0. The minimum Gasteiger partial charge on any atom is -0.368 e. The molecule has 0 bridgehead atoms. The Bertz CT molecular complexity index is 83.0. The Morgan fingerprint density at radius 3 is 2.89 bits per heavy atom. The molecule has 2 nitrogen and oxygen atoms in total. The molecule has 1 rings (SSSR count). The van der Waals surface area contributed by atoms with Gasteiger partial charge < -0.3 is 9.84 Å². The van der Waals surface area contributed by atoms with Crippen molar-refractivity contribution in [3.63, 3.8) is 0 Å². The molecule has 1 aliphatic heterocycles. The van der Waals surface area contributed by atoms with Gasteiger partial charge in [0.05, 0.1) is 0 Å². The lowest BCUT2D eigenvalue weighted by Gasteiger charge is -2.26. The van der Waals surface area contributed by atoms with E-state index in [1.54, 1.807) is 0 Å². The van der Waals surface area contributed by atoms with E-state index in [0.717, 1.165) is 25.9 Å². The molecule has 2 atom stereocenters. The van der Waals surface area contributed by atoms with Crippen molar-refractivity contribution in [1.29, 1.82) is 0 Å². The third-order valence-corrected chi connectivity index (χ3v) is 1.94. The van der Waals surface area contributed by atoms with Crippen molar-refractivity contribution in [3.8, 4) is 0 Å². The highest BCUT2D eigenvalue weighted by Gasteiger charge is 2.21. The van der Waals surface area contributed by atoms with E-state index in [0.29, 0.717) is 5.92 Å². The highest BCUT2D eigenvalue weighted by atomic mass is 16.6. The molecule has 0 saturated carbocycles. The zero-order valence-corrected chi connectivity index (χ0v) is 5.84. The van der Waals surface area contributed by atoms with E-state index in [1.807, 2.05) is 0 Å². The predicted octanol–water partition coefficient (Wildman–Crippen LogP) is 1.14. The van der Waals surface area contributed by atoms with E-state index in [2.05, 4.69) is 6.92 Å². The Kier molecular flexibility index (Phi) is 2.49. The quantitative estimate of drug-likeness (QED) is 0.576. The summed E-state index contributed by atoms with van der Waals surface area (Å²) in [5.41, 5.74) is 0. The minimum absolute atomic E-state index is 0.388.